The second kappa shape index (κ2) is 7.09. The van der Waals surface area contributed by atoms with E-state index in [1.165, 1.54) is 38.6 Å². The summed E-state index contributed by atoms with van der Waals surface area (Å²) in [6.07, 6.45) is 6.94. The van der Waals surface area contributed by atoms with Crippen molar-refractivity contribution in [3.05, 3.63) is 34.4 Å². The van der Waals surface area contributed by atoms with Crippen LogP contribution in [0.3, 0.4) is 0 Å². The van der Waals surface area contributed by atoms with E-state index in [0.717, 1.165) is 37.8 Å². The number of rotatable bonds is 4. The van der Waals surface area contributed by atoms with Crippen LogP contribution in [-0.4, -0.2) is 42.5 Å². The van der Waals surface area contributed by atoms with Gasteiger partial charge in [0.15, 0.2) is 0 Å². The van der Waals surface area contributed by atoms with Crippen LogP contribution in [0.1, 0.15) is 32.1 Å². The fourth-order valence-corrected chi connectivity index (χ4v) is 3.79. The minimum absolute atomic E-state index is 0.225. The Bertz CT molecular complexity index is 506. The lowest BCUT2D eigenvalue weighted by molar-refractivity contribution is -0.384. The van der Waals surface area contributed by atoms with Gasteiger partial charge in [-0.3, -0.25) is 15.0 Å². The molecule has 0 aromatic heterocycles. The van der Waals surface area contributed by atoms with Gasteiger partial charge in [-0.25, -0.2) is 0 Å². The summed E-state index contributed by atoms with van der Waals surface area (Å²) in [5.41, 5.74) is 0.994. The lowest BCUT2D eigenvalue weighted by Crippen LogP contribution is -2.48. The zero-order valence-corrected chi connectivity index (χ0v) is 13.1. The molecule has 120 valence electrons. The van der Waals surface area contributed by atoms with Crippen LogP contribution >= 0.6 is 0 Å². The molecule has 0 N–H and O–H groups in total. The van der Waals surface area contributed by atoms with E-state index in [1.807, 2.05) is 12.1 Å². The van der Waals surface area contributed by atoms with Crippen LogP contribution in [0.5, 0.6) is 0 Å². The van der Waals surface area contributed by atoms with Crippen LogP contribution < -0.4 is 4.90 Å². The first-order valence-electron chi connectivity index (χ1n) is 8.45. The molecule has 2 fully saturated rings. The third-order valence-corrected chi connectivity index (χ3v) is 5.03. The summed E-state index contributed by atoms with van der Waals surface area (Å²) in [5, 5.41) is 11.2. The lowest BCUT2D eigenvalue weighted by atomic mass is 9.89. The highest BCUT2D eigenvalue weighted by Gasteiger charge is 2.25. The maximum absolute atomic E-state index is 11.2. The minimum atomic E-state index is -0.274. The van der Waals surface area contributed by atoms with Crippen molar-refractivity contribution >= 4 is 11.4 Å². The molecule has 5 nitrogen and oxygen atoms in total. The average molecular weight is 303 g/mol. The Hall–Kier alpha value is -1.62. The predicted octanol–water partition coefficient (Wildman–Crippen LogP) is 3.30. The van der Waals surface area contributed by atoms with Crippen molar-refractivity contribution in [3.63, 3.8) is 0 Å². The molecule has 1 saturated heterocycles. The predicted molar refractivity (Wildman–Crippen MR) is 88.3 cm³/mol. The van der Waals surface area contributed by atoms with E-state index in [1.54, 1.807) is 12.1 Å². The van der Waals surface area contributed by atoms with Gasteiger partial charge in [0.1, 0.15) is 5.69 Å². The van der Waals surface area contributed by atoms with Crippen molar-refractivity contribution in [1.82, 2.24) is 4.90 Å². The zero-order valence-electron chi connectivity index (χ0n) is 13.1. The van der Waals surface area contributed by atoms with E-state index in [-0.39, 0.29) is 10.6 Å². The Morgan fingerprint density at radius 3 is 2.41 bits per heavy atom. The number of piperazine rings is 1. The normalized spacial score (nSPS) is 21.0. The lowest BCUT2D eigenvalue weighted by Gasteiger charge is -2.38. The molecule has 1 heterocycles. The molecule has 0 atom stereocenters. The van der Waals surface area contributed by atoms with Crippen molar-refractivity contribution in [1.29, 1.82) is 0 Å². The quantitative estimate of drug-likeness (QED) is 0.632. The number of nitrogens with zero attached hydrogens (tertiary/aromatic N) is 3. The number of nitro benzene ring substituents is 1. The molecule has 22 heavy (non-hydrogen) atoms. The first kappa shape index (κ1) is 15.3. The fourth-order valence-electron chi connectivity index (χ4n) is 3.79. The van der Waals surface area contributed by atoms with Crippen molar-refractivity contribution in [2.24, 2.45) is 5.92 Å². The molecule has 0 amide bonds. The standard InChI is InChI=1S/C17H25N3O2/c21-20(22)17-9-5-4-8-16(17)19-12-10-18(11-13-19)14-15-6-2-1-3-7-15/h4-5,8-9,15H,1-3,6-7,10-14H2. The Kier molecular flexibility index (Phi) is 4.93. The molecule has 1 aromatic rings. The van der Waals surface area contributed by atoms with E-state index in [9.17, 15) is 10.1 Å². The van der Waals surface area contributed by atoms with Crippen LogP contribution in [0.25, 0.3) is 0 Å². The van der Waals surface area contributed by atoms with Crippen molar-refractivity contribution in [3.8, 4) is 0 Å². The van der Waals surface area contributed by atoms with Gasteiger partial charge in [0, 0.05) is 38.8 Å². The highest BCUT2D eigenvalue weighted by Crippen LogP contribution is 2.29. The number of hydrogen-bond donors (Lipinski definition) is 0. The van der Waals surface area contributed by atoms with Crippen molar-refractivity contribution in [2.75, 3.05) is 37.6 Å². The van der Waals surface area contributed by atoms with Crippen LogP contribution in [0, 0.1) is 16.0 Å². The zero-order chi connectivity index (χ0) is 15.4. The van der Waals surface area contributed by atoms with E-state index in [0.29, 0.717) is 0 Å². The Morgan fingerprint density at radius 1 is 1.05 bits per heavy atom. The Balaban J connectivity index is 1.56. The van der Waals surface area contributed by atoms with Gasteiger partial charge in [-0.1, -0.05) is 31.4 Å². The smallest absolute Gasteiger partial charge is 0.292 e. The van der Waals surface area contributed by atoms with E-state index in [2.05, 4.69) is 9.80 Å². The van der Waals surface area contributed by atoms with Gasteiger partial charge in [0.2, 0.25) is 0 Å². The summed E-state index contributed by atoms with van der Waals surface area (Å²) >= 11 is 0. The maximum Gasteiger partial charge on any atom is 0.292 e. The first-order valence-corrected chi connectivity index (χ1v) is 8.45. The SMILES string of the molecule is O=[N+]([O-])c1ccccc1N1CCN(CC2CCCCC2)CC1. The van der Waals surface area contributed by atoms with Crippen molar-refractivity contribution in [2.45, 2.75) is 32.1 Å². The second-order valence-corrected chi connectivity index (χ2v) is 6.54. The Labute approximate surface area is 132 Å². The molecule has 1 aliphatic carbocycles. The monoisotopic (exact) mass is 303 g/mol. The summed E-state index contributed by atoms with van der Waals surface area (Å²) in [5.74, 6) is 0.867. The summed E-state index contributed by atoms with van der Waals surface area (Å²) < 4.78 is 0. The number of benzene rings is 1. The van der Waals surface area contributed by atoms with Gasteiger partial charge in [-0.15, -0.1) is 0 Å². The summed E-state index contributed by atoms with van der Waals surface area (Å²) in [6.45, 7) is 5.02. The van der Waals surface area contributed by atoms with E-state index in [4.69, 9.17) is 0 Å². The molecule has 5 heteroatoms. The van der Waals surface area contributed by atoms with Crippen molar-refractivity contribution < 1.29 is 4.92 Å². The molecule has 0 radical (unpaired) electrons. The molecule has 1 aromatic carbocycles. The summed E-state index contributed by atoms with van der Waals surface area (Å²) in [7, 11) is 0. The molecule has 0 bridgehead atoms. The second-order valence-electron chi connectivity index (χ2n) is 6.54. The van der Waals surface area contributed by atoms with Gasteiger partial charge in [0.05, 0.1) is 4.92 Å². The number of anilines is 1. The third kappa shape index (κ3) is 3.58. The topological polar surface area (TPSA) is 49.6 Å². The molecule has 1 saturated carbocycles. The van der Waals surface area contributed by atoms with Crippen LogP contribution in [0.4, 0.5) is 11.4 Å². The molecular formula is C17H25N3O2. The molecule has 1 aliphatic heterocycles. The molecule has 0 unspecified atom stereocenters. The number of para-hydroxylation sites is 2. The molecule has 2 aliphatic rings. The molecule has 0 spiro atoms. The highest BCUT2D eigenvalue weighted by molar-refractivity contribution is 5.63. The van der Waals surface area contributed by atoms with Gasteiger partial charge in [-0.2, -0.15) is 0 Å². The number of hydrogen-bond acceptors (Lipinski definition) is 4. The van der Waals surface area contributed by atoms with E-state index < -0.39 is 0 Å². The minimum Gasteiger partial charge on any atom is -0.363 e. The molecular weight excluding hydrogens is 278 g/mol. The van der Waals surface area contributed by atoms with Gasteiger partial charge < -0.3 is 4.90 Å². The summed E-state index contributed by atoms with van der Waals surface area (Å²) in [4.78, 5) is 15.6. The third-order valence-electron chi connectivity index (χ3n) is 5.03. The van der Waals surface area contributed by atoms with Gasteiger partial charge in [0.25, 0.3) is 5.69 Å². The van der Waals surface area contributed by atoms with E-state index >= 15 is 0 Å². The average Bonchev–Trinajstić information content (AvgIpc) is 2.56. The van der Waals surface area contributed by atoms with Crippen LogP contribution in [0.15, 0.2) is 24.3 Å². The maximum atomic E-state index is 11.2. The van der Waals surface area contributed by atoms with Gasteiger partial charge >= 0.3 is 0 Å². The largest absolute Gasteiger partial charge is 0.363 e. The highest BCUT2D eigenvalue weighted by atomic mass is 16.6. The molecule has 3 rings (SSSR count). The fraction of sp³-hybridized carbons (Fsp3) is 0.647. The number of nitro groups is 1. The first-order chi connectivity index (χ1) is 10.7. The van der Waals surface area contributed by atoms with Crippen LogP contribution in [0.2, 0.25) is 0 Å². The van der Waals surface area contributed by atoms with Crippen LogP contribution in [-0.2, 0) is 0 Å². The Morgan fingerprint density at radius 2 is 1.73 bits per heavy atom. The van der Waals surface area contributed by atoms with Gasteiger partial charge in [-0.05, 0) is 24.8 Å². The summed E-state index contributed by atoms with van der Waals surface area (Å²) in [6, 6.07) is 7.09.